The minimum Gasteiger partial charge on any atom is -0.317 e. The molecule has 1 N–H and O–H groups in total. The first-order valence-electron chi connectivity index (χ1n) is 6.04. The summed E-state index contributed by atoms with van der Waals surface area (Å²) < 4.78 is 1.85. The predicted octanol–water partition coefficient (Wildman–Crippen LogP) is 2.26. The number of rotatable bonds is 7. The van der Waals surface area contributed by atoms with Crippen molar-refractivity contribution in [3.8, 4) is 5.13 Å². The average Bonchev–Trinajstić information content (AvgIpc) is 2.99. The lowest BCUT2D eigenvalue weighted by Crippen LogP contribution is -2.16. The van der Waals surface area contributed by atoms with Crippen LogP contribution in [0.1, 0.15) is 25.3 Å². The molecule has 0 bridgehead atoms. The highest BCUT2D eigenvalue weighted by molar-refractivity contribution is 7.12. The van der Waals surface area contributed by atoms with Crippen molar-refractivity contribution in [1.29, 1.82) is 0 Å². The van der Waals surface area contributed by atoms with E-state index in [1.165, 1.54) is 12.0 Å². The molecule has 0 spiro atoms. The van der Waals surface area contributed by atoms with Gasteiger partial charge < -0.3 is 5.32 Å². The van der Waals surface area contributed by atoms with E-state index >= 15 is 0 Å². The molecule has 17 heavy (non-hydrogen) atoms. The molecule has 0 aromatic carbocycles. The third-order valence-electron chi connectivity index (χ3n) is 2.50. The maximum absolute atomic E-state index is 4.32. The Morgan fingerprint density at radius 1 is 1.41 bits per heavy atom. The Kier molecular flexibility index (Phi) is 4.70. The molecule has 0 aliphatic carbocycles. The Bertz CT molecular complexity index is 421. The topological polar surface area (TPSA) is 42.7 Å². The first-order valence-corrected chi connectivity index (χ1v) is 6.92. The van der Waals surface area contributed by atoms with E-state index in [-0.39, 0.29) is 0 Å². The summed E-state index contributed by atoms with van der Waals surface area (Å²) in [6.07, 6.45) is 9.23. The molecule has 2 aromatic rings. The van der Waals surface area contributed by atoms with E-state index in [2.05, 4.69) is 28.5 Å². The molecule has 0 unspecified atom stereocenters. The lowest BCUT2D eigenvalue weighted by Gasteiger charge is -2.00. The van der Waals surface area contributed by atoms with Crippen molar-refractivity contribution in [2.75, 3.05) is 13.1 Å². The standard InChI is InChI=1S/C12H18N4S/c1-2-5-13-6-3-4-11-9-15-16(10-11)12-14-7-8-17-12/h7-10,13H,2-6H2,1H3. The number of thiazole rings is 1. The molecule has 92 valence electrons. The molecular weight excluding hydrogens is 232 g/mol. The SMILES string of the molecule is CCCNCCCc1cnn(-c2nccs2)c1. The highest BCUT2D eigenvalue weighted by atomic mass is 32.1. The smallest absolute Gasteiger partial charge is 0.210 e. The second-order valence-electron chi connectivity index (χ2n) is 3.96. The van der Waals surface area contributed by atoms with Crippen molar-refractivity contribution in [2.45, 2.75) is 26.2 Å². The van der Waals surface area contributed by atoms with Gasteiger partial charge in [-0.3, -0.25) is 0 Å². The van der Waals surface area contributed by atoms with Gasteiger partial charge in [0.2, 0.25) is 5.13 Å². The van der Waals surface area contributed by atoms with Gasteiger partial charge in [0.15, 0.2) is 0 Å². The van der Waals surface area contributed by atoms with Crippen molar-refractivity contribution in [2.24, 2.45) is 0 Å². The second kappa shape index (κ2) is 6.51. The molecule has 0 saturated heterocycles. The Morgan fingerprint density at radius 2 is 2.35 bits per heavy atom. The van der Waals surface area contributed by atoms with Crippen LogP contribution in [0, 0.1) is 0 Å². The number of nitrogens with one attached hydrogen (secondary N) is 1. The predicted molar refractivity (Wildman–Crippen MR) is 70.7 cm³/mol. The molecule has 0 aliphatic rings. The van der Waals surface area contributed by atoms with E-state index in [0.717, 1.165) is 31.1 Å². The third kappa shape index (κ3) is 3.64. The fourth-order valence-electron chi connectivity index (χ4n) is 1.64. The first kappa shape index (κ1) is 12.3. The molecule has 0 amide bonds. The Balaban J connectivity index is 1.79. The van der Waals surface area contributed by atoms with E-state index in [1.54, 1.807) is 17.5 Å². The van der Waals surface area contributed by atoms with Crippen molar-refractivity contribution >= 4 is 11.3 Å². The summed E-state index contributed by atoms with van der Waals surface area (Å²) in [7, 11) is 0. The maximum atomic E-state index is 4.32. The van der Waals surface area contributed by atoms with E-state index in [0.29, 0.717) is 0 Å². The lowest BCUT2D eigenvalue weighted by atomic mass is 10.2. The fourth-order valence-corrected chi connectivity index (χ4v) is 2.22. The summed E-state index contributed by atoms with van der Waals surface area (Å²) >= 11 is 1.60. The van der Waals surface area contributed by atoms with Crippen molar-refractivity contribution in [1.82, 2.24) is 20.1 Å². The largest absolute Gasteiger partial charge is 0.317 e. The number of aromatic nitrogens is 3. The summed E-state index contributed by atoms with van der Waals surface area (Å²) in [6, 6.07) is 0. The summed E-state index contributed by atoms with van der Waals surface area (Å²) in [4.78, 5) is 4.23. The summed E-state index contributed by atoms with van der Waals surface area (Å²) in [5.41, 5.74) is 1.28. The monoisotopic (exact) mass is 250 g/mol. The molecule has 0 aliphatic heterocycles. The zero-order valence-corrected chi connectivity index (χ0v) is 10.9. The van der Waals surface area contributed by atoms with Crippen LogP contribution in [0.4, 0.5) is 0 Å². The van der Waals surface area contributed by atoms with Crippen molar-refractivity contribution < 1.29 is 0 Å². The van der Waals surface area contributed by atoms with Crippen molar-refractivity contribution in [3.63, 3.8) is 0 Å². The zero-order valence-electron chi connectivity index (χ0n) is 10.1. The average molecular weight is 250 g/mol. The van der Waals surface area contributed by atoms with Gasteiger partial charge in [-0.15, -0.1) is 11.3 Å². The van der Waals surface area contributed by atoms with Crippen LogP contribution in [0.15, 0.2) is 24.0 Å². The maximum Gasteiger partial charge on any atom is 0.210 e. The highest BCUT2D eigenvalue weighted by Gasteiger charge is 2.02. The number of hydrogen-bond donors (Lipinski definition) is 1. The van der Waals surface area contributed by atoms with Crippen molar-refractivity contribution in [3.05, 3.63) is 29.5 Å². The third-order valence-corrected chi connectivity index (χ3v) is 3.26. The summed E-state index contributed by atoms with van der Waals surface area (Å²) in [5.74, 6) is 0. The van der Waals surface area contributed by atoms with E-state index in [9.17, 15) is 0 Å². The minimum absolute atomic E-state index is 0.931. The zero-order chi connectivity index (χ0) is 11.9. The summed E-state index contributed by atoms with van der Waals surface area (Å²) in [5, 5.41) is 10.6. The van der Waals surface area contributed by atoms with Crippen LogP contribution in [-0.2, 0) is 6.42 Å². The number of aryl methyl sites for hydroxylation is 1. The highest BCUT2D eigenvalue weighted by Crippen LogP contribution is 2.11. The van der Waals surface area contributed by atoms with Gasteiger partial charge in [-0.05, 0) is 37.9 Å². The van der Waals surface area contributed by atoms with Crippen LogP contribution < -0.4 is 5.32 Å². The second-order valence-corrected chi connectivity index (χ2v) is 4.83. The molecule has 4 nitrogen and oxygen atoms in total. The number of hydrogen-bond acceptors (Lipinski definition) is 4. The molecule has 0 atom stereocenters. The fraction of sp³-hybridized carbons (Fsp3) is 0.500. The molecule has 5 heteroatoms. The van der Waals surface area contributed by atoms with Crippen LogP contribution in [0.3, 0.4) is 0 Å². The van der Waals surface area contributed by atoms with Crippen LogP contribution in [0.5, 0.6) is 0 Å². The van der Waals surface area contributed by atoms with Gasteiger partial charge in [-0.25, -0.2) is 9.67 Å². The first-order chi connectivity index (χ1) is 8.40. The van der Waals surface area contributed by atoms with Crippen LogP contribution in [0.25, 0.3) is 5.13 Å². The van der Waals surface area contributed by atoms with Crippen LogP contribution in [-0.4, -0.2) is 27.9 Å². The Hall–Kier alpha value is -1.20. The quantitative estimate of drug-likeness (QED) is 0.767. The molecule has 2 aromatic heterocycles. The molecular formula is C12H18N4S. The van der Waals surface area contributed by atoms with E-state index in [1.807, 2.05) is 16.3 Å². The Morgan fingerprint density at radius 3 is 3.12 bits per heavy atom. The minimum atomic E-state index is 0.931. The van der Waals surface area contributed by atoms with E-state index in [4.69, 9.17) is 0 Å². The van der Waals surface area contributed by atoms with Gasteiger partial charge in [0.1, 0.15) is 0 Å². The van der Waals surface area contributed by atoms with Gasteiger partial charge in [0.25, 0.3) is 0 Å². The molecule has 2 heterocycles. The normalized spacial score (nSPS) is 10.9. The lowest BCUT2D eigenvalue weighted by molar-refractivity contribution is 0.640. The van der Waals surface area contributed by atoms with E-state index < -0.39 is 0 Å². The van der Waals surface area contributed by atoms with Crippen LogP contribution in [0.2, 0.25) is 0 Å². The van der Waals surface area contributed by atoms with Gasteiger partial charge in [-0.2, -0.15) is 5.10 Å². The number of nitrogens with zero attached hydrogens (tertiary/aromatic N) is 3. The van der Waals surface area contributed by atoms with Gasteiger partial charge in [0, 0.05) is 17.8 Å². The molecule has 0 saturated carbocycles. The Labute approximate surface area is 106 Å². The summed E-state index contributed by atoms with van der Waals surface area (Å²) in [6.45, 7) is 4.37. The van der Waals surface area contributed by atoms with Gasteiger partial charge >= 0.3 is 0 Å². The van der Waals surface area contributed by atoms with Crippen LogP contribution >= 0.6 is 11.3 Å². The van der Waals surface area contributed by atoms with Gasteiger partial charge in [-0.1, -0.05) is 6.92 Å². The molecule has 0 fully saturated rings. The molecule has 2 rings (SSSR count). The van der Waals surface area contributed by atoms with Gasteiger partial charge in [0.05, 0.1) is 6.20 Å². The molecule has 0 radical (unpaired) electrons.